The van der Waals surface area contributed by atoms with Crippen LogP contribution in [0.1, 0.15) is 29.8 Å². The van der Waals surface area contributed by atoms with Crippen LogP contribution < -0.4 is 5.32 Å². The Bertz CT molecular complexity index is 441. The van der Waals surface area contributed by atoms with Crippen molar-refractivity contribution in [1.29, 1.82) is 0 Å². The summed E-state index contributed by atoms with van der Waals surface area (Å²) in [5.41, 5.74) is 2.62. The van der Waals surface area contributed by atoms with Gasteiger partial charge in [-0.3, -0.25) is 4.79 Å². The fourth-order valence-electron chi connectivity index (χ4n) is 2.36. The van der Waals surface area contributed by atoms with Crippen molar-refractivity contribution in [2.75, 3.05) is 26.4 Å². The smallest absolute Gasteiger partial charge is 0.220 e. The fourth-order valence-corrected chi connectivity index (χ4v) is 3.14. The number of hydrogen-bond acceptors (Lipinski definition) is 5. The SMILES string of the molecule is Cc1ncsc1CCC(=O)NCC1(CO)CCOCC1. The van der Waals surface area contributed by atoms with Crippen LogP contribution in [0, 0.1) is 12.3 Å². The van der Waals surface area contributed by atoms with Gasteiger partial charge >= 0.3 is 0 Å². The van der Waals surface area contributed by atoms with E-state index < -0.39 is 0 Å². The van der Waals surface area contributed by atoms with E-state index in [-0.39, 0.29) is 17.9 Å². The lowest BCUT2D eigenvalue weighted by atomic mass is 9.81. The maximum atomic E-state index is 11.9. The van der Waals surface area contributed by atoms with Gasteiger partial charge in [-0.2, -0.15) is 0 Å². The number of nitrogens with one attached hydrogen (secondary N) is 1. The number of ether oxygens (including phenoxy) is 1. The van der Waals surface area contributed by atoms with Crippen LogP contribution >= 0.6 is 11.3 Å². The first-order valence-corrected chi connectivity index (χ1v) is 7.87. The van der Waals surface area contributed by atoms with E-state index in [1.807, 2.05) is 12.4 Å². The molecule has 0 spiro atoms. The summed E-state index contributed by atoms with van der Waals surface area (Å²) in [5, 5.41) is 12.5. The van der Waals surface area contributed by atoms with E-state index in [9.17, 15) is 9.90 Å². The van der Waals surface area contributed by atoms with Crippen LogP contribution in [0.3, 0.4) is 0 Å². The molecule has 1 amide bonds. The number of aliphatic hydroxyl groups excluding tert-OH is 1. The van der Waals surface area contributed by atoms with Crippen LogP contribution in [-0.2, 0) is 16.0 Å². The summed E-state index contributed by atoms with van der Waals surface area (Å²) in [6.45, 7) is 3.93. The molecule has 20 heavy (non-hydrogen) atoms. The van der Waals surface area contributed by atoms with Crippen molar-refractivity contribution < 1.29 is 14.6 Å². The van der Waals surface area contributed by atoms with Crippen LogP contribution in [0.5, 0.6) is 0 Å². The first-order chi connectivity index (χ1) is 9.65. The number of carbonyl (C=O) groups is 1. The largest absolute Gasteiger partial charge is 0.396 e. The number of aromatic nitrogens is 1. The molecule has 0 aliphatic carbocycles. The molecule has 5 nitrogen and oxygen atoms in total. The van der Waals surface area contributed by atoms with E-state index in [1.54, 1.807) is 11.3 Å². The Morgan fingerprint density at radius 1 is 1.55 bits per heavy atom. The molecule has 1 aromatic heterocycles. The Morgan fingerprint density at radius 3 is 2.90 bits per heavy atom. The summed E-state index contributed by atoms with van der Waals surface area (Å²) in [6, 6.07) is 0. The van der Waals surface area contributed by atoms with Crippen LogP contribution in [0.15, 0.2) is 5.51 Å². The molecule has 0 bridgehead atoms. The Hall–Kier alpha value is -0.980. The van der Waals surface area contributed by atoms with Crippen molar-refractivity contribution in [1.82, 2.24) is 10.3 Å². The van der Waals surface area contributed by atoms with Gasteiger partial charge in [-0.15, -0.1) is 11.3 Å². The zero-order chi connectivity index (χ0) is 14.4. The lowest BCUT2D eigenvalue weighted by molar-refractivity contribution is -0.122. The molecule has 1 aliphatic heterocycles. The minimum absolute atomic E-state index is 0.0390. The van der Waals surface area contributed by atoms with Crippen molar-refractivity contribution in [2.45, 2.75) is 32.6 Å². The van der Waals surface area contributed by atoms with E-state index in [0.29, 0.717) is 26.2 Å². The lowest BCUT2D eigenvalue weighted by Gasteiger charge is -2.35. The number of hydrogen-bond donors (Lipinski definition) is 2. The normalized spacial score (nSPS) is 17.9. The zero-order valence-electron chi connectivity index (χ0n) is 11.9. The van der Waals surface area contributed by atoms with Gasteiger partial charge in [0.25, 0.3) is 0 Å². The first-order valence-electron chi connectivity index (χ1n) is 6.99. The van der Waals surface area contributed by atoms with E-state index in [4.69, 9.17) is 4.74 Å². The number of amides is 1. The summed E-state index contributed by atoms with van der Waals surface area (Å²) >= 11 is 1.59. The maximum absolute atomic E-state index is 11.9. The van der Waals surface area contributed by atoms with Gasteiger partial charge in [0.1, 0.15) is 0 Å². The Labute approximate surface area is 123 Å². The summed E-state index contributed by atoms with van der Waals surface area (Å²) in [5.74, 6) is 0.0390. The number of thiazole rings is 1. The molecule has 2 rings (SSSR count). The van der Waals surface area contributed by atoms with E-state index in [0.717, 1.165) is 25.0 Å². The van der Waals surface area contributed by atoms with Gasteiger partial charge in [0, 0.05) is 36.5 Å². The fraction of sp³-hybridized carbons (Fsp3) is 0.714. The second kappa shape index (κ2) is 7.15. The molecule has 0 unspecified atom stereocenters. The Kier molecular flexibility index (Phi) is 5.51. The summed E-state index contributed by atoms with van der Waals surface area (Å²) in [6.07, 6.45) is 2.81. The molecule has 2 N–H and O–H groups in total. The van der Waals surface area contributed by atoms with Crippen LogP contribution in [0.4, 0.5) is 0 Å². The lowest BCUT2D eigenvalue weighted by Crippen LogP contribution is -2.43. The predicted octanol–water partition coefficient (Wildman–Crippen LogP) is 1.29. The summed E-state index contributed by atoms with van der Waals surface area (Å²) < 4.78 is 5.31. The summed E-state index contributed by atoms with van der Waals surface area (Å²) in [7, 11) is 0. The Balaban J connectivity index is 1.75. The topological polar surface area (TPSA) is 71.5 Å². The van der Waals surface area contributed by atoms with Crippen molar-refractivity contribution in [3.8, 4) is 0 Å². The minimum atomic E-state index is -0.200. The standard InChI is InChI=1S/C14H22N2O3S/c1-11-12(20-10-16-11)2-3-13(18)15-8-14(9-17)4-6-19-7-5-14/h10,17H,2-9H2,1H3,(H,15,18). The maximum Gasteiger partial charge on any atom is 0.220 e. The number of aliphatic hydroxyl groups is 1. The van der Waals surface area contributed by atoms with Crippen LogP contribution in [-0.4, -0.2) is 42.4 Å². The van der Waals surface area contributed by atoms with Gasteiger partial charge in [-0.25, -0.2) is 4.98 Å². The number of carbonyl (C=O) groups excluding carboxylic acids is 1. The summed E-state index contributed by atoms with van der Waals surface area (Å²) in [4.78, 5) is 17.3. The van der Waals surface area contributed by atoms with Gasteiger partial charge in [0.2, 0.25) is 5.91 Å². The molecule has 0 aromatic carbocycles. The number of nitrogens with zero attached hydrogens (tertiary/aromatic N) is 1. The number of rotatable bonds is 6. The second-order valence-corrected chi connectivity index (χ2v) is 6.35. The molecule has 2 heterocycles. The van der Waals surface area contributed by atoms with Gasteiger partial charge in [-0.1, -0.05) is 0 Å². The van der Waals surface area contributed by atoms with E-state index in [2.05, 4.69) is 10.3 Å². The molecule has 112 valence electrons. The molecule has 1 saturated heterocycles. The highest BCUT2D eigenvalue weighted by Gasteiger charge is 2.32. The quantitative estimate of drug-likeness (QED) is 0.830. The third-order valence-corrected chi connectivity index (χ3v) is 4.97. The van der Waals surface area contributed by atoms with Gasteiger partial charge in [0.05, 0.1) is 17.8 Å². The molecule has 0 saturated carbocycles. The van der Waals surface area contributed by atoms with Crippen LogP contribution in [0.2, 0.25) is 0 Å². The third kappa shape index (κ3) is 4.01. The highest BCUT2D eigenvalue weighted by atomic mass is 32.1. The average molecular weight is 298 g/mol. The molecular formula is C14H22N2O3S. The van der Waals surface area contributed by atoms with Crippen molar-refractivity contribution in [3.63, 3.8) is 0 Å². The minimum Gasteiger partial charge on any atom is -0.396 e. The van der Waals surface area contributed by atoms with Crippen molar-refractivity contribution >= 4 is 17.2 Å². The van der Waals surface area contributed by atoms with Gasteiger partial charge in [0.15, 0.2) is 0 Å². The van der Waals surface area contributed by atoms with Gasteiger partial charge < -0.3 is 15.2 Å². The second-order valence-electron chi connectivity index (χ2n) is 5.41. The highest BCUT2D eigenvalue weighted by Crippen LogP contribution is 2.29. The number of aryl methyl sites for hydroxylation is 2. The zero-order valence-corrected chi connectivity index (χ0v) is 12.7. The molecule has 0 atom stereocenters. The average Bonchev–Trinajstić information content (AvgIpc) is 2.89. The van der Waals surface area contributed by atoms with E-state index in [1.165, 1.54) is 4.88 Å². The molecule has 0 radical (unpaired) electrons. The van der Waals surface area contributed by atoms with Crippen LogP contribution in [0.25, 0.3) is 0 Å². The monoisotopic (exact) mass is 298 g/mol. The molecular weight excluding hydrogens is 276 g/mol. The molecule has 1 aromatic rings. The molecule has 1 aliphatic rings. The van der Waals surface area contributed by atoms with Crippen molar-refractivity contribution in [3.05, 3.63) is 16.1 Å². The molecule has 1 fully saturated rings. The Morgan fingerprint density at radius 2 is 2.30 bits per heavy atom. The highest BCUT2D eigenvalue weighted by molar-refractivity contribution is 7.09. The molecule has 6 heteroatoms. The predicted molar refractivity (Wildman–Crippen MR) is 77.8 cm³/mol. The first kappa shape index (κ1) is 15.4. The van der Waals surface area contributed by atoms with Crippen molar-refractivity contribution in [2.24, 2.45) is 5.41 Å². The van der Waals surface area contributed by atoms with E-state index >= 15 is 0 Å². The van der Waals surface area contributed by atoms with Gasteiger partial charge in [-0.05, 0) is 26.2 Å². The third-order valence-electron chi connectivity index (χ3n) is 3.97.